The Hall–Kier alpha value is -2.13. The molecule has 0 radical (unpaired) electrons. The number of rotatable bonds is 3. The third kappa shape index (κ3) is 4.62. The summed E-state index contributed by atoms with van der Waals surface area (Å²) in [5, 5.41) is 3.10. The van der Waals surface area contributed by atoms with Crippen molar-refractivity contribution in [3.8, 4) is 5.75 Å². The van der Waals surface area contributed by atoms with Crippen molar-refractivity contribution < 1.29 is 22.7 Å². The summed E-state index contributed by atoms with van der Waals surface area (Å²) >= 11 is 0. The predicted octanol–water partition coefficient (Wildman–Crippen LogP) is 0.565. The minimum atomic E-state index is -2.98. The van der Waals surface area contributed by atoms with Gasteiger partial charge in [0.1, 0.15) is 11.4 Å². The van der Waals surface area contributed by atoms with Crippen molar-refractivity contribution in [3.63, 3.8) is 0 Å². The zero-order valence-corrected chi connectivity index (χ0v) is 18.1. The second-order valence-electron chi connectivity index (χ2n) is 8.67. The van der Waals surface area contributed by atoms with Gasteiger partial charge in [0, 0.05) is 31.6 Å². The molecule has 2 saturated heterocycles. The van der Waals surface area contributed by atoms with Crippen LogP contribution in [0.1, 0.15) is 31.7 Å². The molecule has 8 nitrogen and oxygen atoms in total. The van der Waals surface area contributed by atoms with Crippen molar-refractivity contribution in [2.45, 2.75) is 44.4 Å². The number of hydrogen-bond donors (Lipinski definition) is 1. The molecule has 0 bridgehead atoms. The van der Waals surface area contributed by atoms with Crippen molar-refractivity contribution >= 4 is 21.7 Å². The molecule has 1 aromatic rings. The van der Waals surface area contributed by atoms with Gasteiger partial charge in [-0.25, -0.2) is 8.42 Å². The zero-order chi connectivity index (χ0) is 21.4. The molecule has 4 rings (SSSR count). The summed E-state index contributed by atoms with van der Waals surface area (Å²) in [7, 11) is -2.98. The summed E-state index contributed by atoms with van der Waals surface area (Å²) < 4.78 is 29.7. The third-order valence-electron chi connectivity index (χ3n) is 6.25. The molecule has 2 amide bonds. The molecule has 164 valence electrons. The first-order valence-corrected chi connectivity index (χ1v) is 12.3. The number of sulfone groups is 1. The average molecular weight is 436 g/mol. The maximum atomic E-state index is 12.9. The quantitative estimate of drug-likeness (QED) is 0.746. The first-order valence-electron chi connectivity index (χ1n) is 10.5. The van der Waals surface area contributed by atoms with Crippen LogP contribution >= 0.6 is 0 Å². The van der Waals surface area contributed by atoms with Crippen LogP contribution in [0.2, 0.25) is 0 Å². The maximum Gasteiger partial charge on any atom is 0.236 e. The van der Waals surface area contributed by atoms with Crippen LogP contribution in [0.5, 0.6) is 5.75 Å². The van der Waals surface area contributed by atoms with Crippen LogP contribution in [0, 0.1) is 0 Å². The van der Waals surface area contributed by atoms with E-state index in [4.69, 9.17) is 4.74 Å². The monoisotopic (exact) mass is 435 g/mol. The zero-order valence-electron chi connectivity index (χ0n) is 17.3. The highest BCUT2D eigenvalue weighted by Crippen LogP contribution is 2.34. The van der Waals surface area contributed by atoms with Crippen LogP contribution in [-0.4, -0.2) is 79.4 Å². The number of carbonyl (C=O) groups excluding carboxylic acids is 2. The largest absolute Gasteiger partial charge is 0.483 e. The number of hydrogen-bond acceptors (Lipinski definition) is 6. The first-order chi connectivity index (χ1) is 14.3. The van der Waals surface area contributed by atoms with Gasteiger partial charge in [-0.2, -0.15) is 0 Å². The molecule has 0 saturated carbocycles. The van der Waals surface area contributed by atoms with E-state index in [0.717, 1.165) is 24.2 Å². The van der Waals surface area contributed by atoms with E-state index in [1.165, 1.54) is 0 Å². The van der Waals surface area contributed by atoms with Crippen molar-refractivity contribution in [2.75, 3.05) is 37.7 Å². The molecule has 1 spiro atoms. The van der Waals surface area contributed by atoms with E-state index in [0.29, 0.717) is 32.6 Å². The third-order valence-corrected chi connectivity index (χ3v) is 8.02. The summed E-state index contributed by atoms with van der Waals surface area (Å²) in [5.41, 5.74) is 0.334. The number of likely N-dealkylation sites (tertiary alicyclic amines) is 1. The highest BCUT2D eigenvalue weighted by atomic mass is 32.2. The lowest BCUT2D eigenvalue weighted by atomic mass is 9.91. The number of fused-ring (bicyclic) bond motifs is 1. The second-order valence-corrected chi connectivity index (χ2v) is 10.9. The van der Waals surface area contributed by atoms with Crippen LogP contribution in [0.4, 0.5) is 0 Å². The van der Waals surface area contributed by atoms with Gasteiger partial charge in [-0.3, -0.25) is 9.59 Å². The van der Waals surface area contributed by atoms with Gasteiger partial charge >= 0.3 is 0 Å². The Labute approximate surface area is 177 Å². The number of piperidine rings is 1. The Kier molecular flexibility index (Phi) is 5.76. The molecule has 3 aliphatic heterocycles. The van der Waals surface area contributed by atoms with Gasteiger partial charge in [0.05, 0.1) is 31.1 Å². The Balaban J connectivity index is 1.46. The molecular formula is C21H29N3O5S. The molecule has 3 heterocycles. The number of benzene rings is 1. The van der Waals surface area contributed by atoms with Crippen LogP contribution in [0.15, 0.2) is 24.3 Å². The second kappa shape index (κ2) is 8.19. The topological polar surface area (TPSA) is 96.0 Å². The van der Waals surface area contributed by atoms with E-state index in [1.54, 1.807) is 16.7 Å². The lowest BCUT2D eigenvalue weighted by Crippen LogP contribution is -2.59. The number of nitrogens with one attached hydrogen (secondary N) is 1. The Morgan fingerprint density at radius 2 is 2.00 bits per heavy atom. The number of para-hydroxylation sites is 1. The van der Waals surface area contributed by atoms with Gasteiger partial charge in [0.15, 0.2) is 9.84 Å². The Bertz CT molecular complexity index is 934. The minimum Gasteiger partial charge on any atom is -0.483 e. The van der Waals surface area contributed by atoms with E-state index < -0.39 is 15.4 Å². The van der Waals surface area contributed by atoms with Crippen molar-refractivity contribution in [2.24, 2.45) is 0 Å². The summed E-state index contributed by atoms with van der Waals surface area (Å²) in [6.45, 7) is 3.66. The van der Waals surface area contributed by atoms with Crippen molar-refractivity contribution in [1.29, 1.82) is 0 Å². The summed E-state index contributed by atoms with van der Waals surface area (Å²) in [4.78, 5) is 28.7. The van der Waals surface area contributed by atoms with Crippen LogP contribution in [-0.2, 0) is 26.0 Å². The number of nitrogens with zero attached hydrogens (tertiary/aromatic N) is 2. The van der Waals surface area contributed by atoms with E-state index in [9.17, 15) is 18.0 Å². The highest BCUT2D eigenvalue weighted by Gasteiger charge is 2.43. The fourth-order valence-electron chi connectivity index (χ4n) is 4.65. The van der Waals surface area contributed by atoms with Crippen molar-refractivity contribution in [1.82, 2.24) is 15.1 Å². The normalized spacial score (nSPS) is 28.0. The molecule has 1 N–H and O–H groups in total. The van der Waals surface area contributed by atoms with Crippen LogP contribution in [0.3, 0.4) is 0 Å². The number of ether oxygens (including phenoxy) is 1. The molecule has 0 unspecified atom stereocenters. The lowest BCUT2D eigenvalue weighted by Gasteiger charge is -2.43. The Morgan fingerprint density at radius 3 is 2.73 bits per heavy atom. The summed E-state index contributed by atoms with van der Waals surface area (Å²) in [6.07, 6.45) is 2.10. The summed E-state index contributed by atoms with van der Waals surface area (Å²) in [6, 6.07) is 7.58. The van der Waals surface area contributed by atoms with E-state index in [1.807, 2.05) is 24.3 Å². The highest BCUT2D eigenvalue weighted by molar-refractivity contribution is 7.91. The van der Waals surface area contributed by atoms with E-state index >= 15 is 0 Å². The average Bonchev–Trinajstić information content (AvgIpc) is 2.96. The molecule has 0 aliphatic carbocycles. The molecule has 1 aromatic carbocycles. The van der Waals surface area contributed by atoms with Crippen molar-refractivity contribution in [3.05, 3.63) is 29.8 Å². The molecule has 3 aliphatic rings. The number of amides is 2. The summed E-state index contributed by atoms with van der Waals surface area (Å²) in [5.74, 6) is 0.971. The van der Waals surface area contributed by atoms with Crippen LogP contribution in [0.25, 0.3) is 0 Å². The smallest absolute Gasteiger partial charge is 0.236 e. The van der Waals surface area contributed by atoms with E-state index in [2.05, 4.69) is 5.32 Å². The predicted molar refractivity (Wildman–Crippen MR) is 112 cm³/mol. The van der Waals surface area contributed by atoms with Gasteiger partial charge in [0.25, 0.3) is 0 Å². The van der Waals surface area contributed by atoms with Gasteiger partial charge in [-0.1, -0.05) is 18.2 Å². The SMILES string of the molecule is CC(=O)N1Cc2ccccc2O[C@]2(CCCN(C(=O)CN[C@H]3CCS(=O)(=O)C3)C2)C1. The fourth-order valence-corrected chi connectivity index (χ4v) is 6.36. The maximum absolute atomic E-state index is 12.9. The molecule has 2 atom stereocenters. The number of carbonyl (C=O) groups is 2. The molecule has 9 heteroatoms. The van der Waals surface area contributed by atoms with Crippen LogP contribution < -0.4 is 10.1 Å². The molecule has 0 aromatic heterocycles. The van der Waals surface area contributed by atoms with Gasteiger partial charge < -0.3 is 19.9 Å². The lowest BCUT2D eigenvalue weighted by molar-refractivity contribution is -0.139. The van der Waals surface area contributed by atoms with Gasteiger partial charge in [-0.15, -0.1) is 0 Å². The van der Waals surface area contributed by atoms with Gasteiger partial charge in [0.2, 0.25) is 11.8 Å². The molecular weight excluding hydrogens is 406 g/mol. The standard InChI is InChI=1S/C21H29N3O5S/c1-16(25)24-12-17-5-2-3-6-19(17)29-21(15-24)8-4-9-23(14-21)20(26)11-22-18-7-10-30(27,28)13-18/h2-3,5-6,18,22H,4,7-15H2,1H3/t18-,21-/m0/s1. The fraction of sp³-hybridized carbons (Fsp3) is 0.619. The van der Waals surface area contributed by atoms with Gasteiger partial charge in [-0.05, 0) is 25.3 Å². The minimum absolute atomic E-state index is 0.0118. The first kappa shape index (κ1) is 21.1. The molecule has 2 fully saturated rings. The van der Waals surface area contributed by atoms with E-state index in [-0.39, 0.29) is 35.9 Å². The molecule has 30 heavy (non-hydrogen) atoms. The Morgan fingerprint density at radius 1 is 1.23 bits per heavy atom.